The second-order valence-corrected chi connectivity index (χ2v) is 2.12. The molecule has 0 aromatic carbocycles. The van der Waals surface area contributed by atoms with E-state index in [9.17, 15) is 0 Å². The zero-order valence-corrected chi connectivity index (χ0v) is 5.89. The molecule has 56 valence electrons. The molecule has 0 radical (unpaired) electrons. The maximum absolute atomic E-state index is 5.50. The third-order valence-corrected chi connectivity index (χ3v) is 1.32. The monoisotopic (exact) mass is 150 g/mol. The zero-order chi connectivity index (χ0) is 7.84. The first-order valence-electron chi connectivity index (χ1n) is 3.05. The number of hydrogen-bond acceptors (Lipinski definition) is 5. The third-order valence-electron chi connectivity index (χ3n) is 1.32. The average Bonchev–Trinajstić information content (AvgIpc) is 2.31. The van der Waals surface area contributed by atoms with Crippen LogP contribution in [-0.2, 0) is 7.05 Å². The minimum absolute atomic E-state index is 0.364. The molecular formula is C5H6N6. The van der Waals surface area contributed by atoms with E-state index in [1.54, 1.807) is 7.05 Å². The van der Waals surface area contributed by atoms with Crippen molar-refractivity contribution < 1.29 is 0 Å². The Bertz CT molecular complexity index is 391. The molecule has 2 N–H and O–H groups in total. The highest BCUT2D eigenvalue weighted by Gasteiger charge is 2.04. The summed E-state index contributed by atoms with van der Waals surface area (Å²) in [5.41, 5.74) is 6.58. The van der Waals surface area contributed by atoms with Crippen LogP contribution in [0.4, 0.5) is 5.82 Å². The van der Waals surface area contributed by atoms with Gasteiger partial charge in [-0.1, -0.05) is 0 Å². The van der Waals surface area contributed by atoms with Crippen molar-refractivity contribution in [3.63, 3.8) is 0 Å². The first-order valence-corrected chi connectivity index (χ1v) is 3.05. The van der Waals surface area contributed by atoms with Gasteiger partial charge >= 0.3 is 0 Å². The van der Waals surface area contributed by atoms with E-state index in [1.807, 2.05) is 0 Å². The highest BCUT2D eigenvalue weighted by Crippen LogP contribution is 2.08. The van der Waals surface area contributed by atoms with Gasteiger partial charge in [0.25, 0.3) is 0 Å². The molecule has 0 aliphatic carbocycles. The van der Waals surface area contributed by atoms with E-state index in [0.29, 0.717) is 17.0 Å². The highest BCUT2D eigenvalue weighted by molar-refractivity contribution is 5.79. The van der Waals surface area contributed by atoms with Gasteiger partial charge in [-0.3, -0.25) is 0 Å². The second-order valence-electron chi connectivity index (χ2n) is 2.12. The standard InChI is InChI=1S/C5H6N6/c1-11-9-3-4(6)7-2-8-5(3)10-11/h2H,1H3,(H2,6,7,8,10). The lowest BCUT2D eigenvalue weighted by atomic mass is 10.5. The van der Waals surface area contributed by atoms with E-state index in [4.69, 9.17) is 5.73 Å². The van der Waals surface area contributed by atoms with E-state index in [0.717, 1.165) is 0 Å². The van der Waals surface area contributed by atoms with Crippen LogP contribution in [0.15, 0.2) is 6.33 Å². The van der Waals surface area contributed by atoms with Gasteiger partial charge in [-0.25, -0.2) is 9.97 Å². The summed E-state index contributed by atoms with van der Waals surface area (Å²) in [5, 5.41) is 7.92. The summed E-state index contributed by atoms with van der Waals surface area (Å²) >= 11 is 0. The predicted octanol–water partition coefficient (Wildman–Crippen LogP) is -0.659. The molecule has 0 saturated heterocycles. The van der Waals surface area contributed by atoms with Crippen LogP contribution in [0.25, 0.3) is 11.2 Å². The number of aryl methyl sites for hydroxylation is 1. The summed E-state index contributed by atoms with van der Waals surface area (Å²) in [7, 11) is 1.71. The third kappa shape index (κ3) is 0.794. The molecule has 2 rings (SSSR count). The molecule has 2 heterocycles. The van der Waals surface area contributed by atoms with Gasteiger partial charge in [0.2, 0.25) is 5.65 Å². The molecule has 0 unspecified atom stereocenters. The van der Waals surface area contributed by atoms with Gasteiger partial charge in [0, 0.05) is 7.05 Å². The number of nitrogens with zero attached hydrogens (tertiary/aromatic N) is 5. The average molecular weight is 150 g/mol. The molecule has 6 nitrogen and oxygen atoms in total. The topological polar surface area (TPSA) is 82.5 Å². The molecule has 0 amide bonds. The normalized spacial score (nSPS) is 10.6. The van der Waals surface area contributed by atoms with Gasteiger partial charge in [-0.2, -0.15) is 4.80 Å². The number of hydrogen-bond donors (Lipinski definition) is 1. The van der Waals surface area contributed by atoms with Crippen molar-refractivity contribution in [1.29, 1.82) is 0 Å². The van der Waals surface area contributed by atoms with E-state index in [-0.39, 0.29) is 0 Å². The maximum Gasteiger partial charge on any atom is 0.207 e. The van der Waals surface area contributed by atoms with Crippen molar-refractivity contribution in [1.82, 2.24) is 25.0 Å². The van der Waals surface area contributed by atoms with Gasteiger partial charge < -0.3 is 5.73 Å². The Hall–Kier alpha value is -1.72. The first-order chi connectivity index (χ1) is 5.27. The summed E-state index contributed by atoms with van der Waals surface area (Å²) in [6, 6.07) is 0. The van der Waals surface area contributed by atoms with Gasteiger partial charge in [0.05, 0.1) is 0 Å². The Labute approximate surface area is 62.1 Å². The quantitative estimate of drug-likeness (QED) is 0.539. The Morgan fingerprint density at radius 2 is 2.18 bits per heavy atom. The number of fused-ring (bicyclic) bond motifs is 1. The van der Waals surface area contributed by atoms with Crippen molar-refractivity contribution in [2.45, 2.75) is 0 Å². The highest BCUT2D eigenvalue weighted by atomic mass is 15.5. The van der Waals surface area contributed by atoms with Crippen LogP contribution in [0.3, 0.4) is 0 Å². The molecule has 6 heteroatoms. The van der Waals surface area contributed by atoms with Crippen molar-refractivity contribution in [2.75, 3.05) is 5.73 Å². The van der Waals surface area contributed by atoms with E-state index < -0.39 is 0 Å². The Morgan fingerprint density at radius 1 is 1.36 bits per heavy atom. The van der Waals surface area contributed by atoms with Crippen molar-refractivity contribution in [3.8, 4) is 0 Å². The largest absolute Gasteiger partial charge is 0.382 e. The molecule has 0 spiro atoms. The van der Waals surface area contributed by atoms with Gasteiger partial charge in [-0.05, 0) is 0 Å². The summed E-state index contributed by atoms with van der Waals surface area (Å²) in [6.45, 7) is 0. The lowest BCUT2D eigenvalue weighted by Crippen LogP contribution is -1.93. The van der Waals surface area contributed by atoms with Crippen LogP contribution in [-0.4, -0.2) is 25.0 Å². The van der Waals surface area contributed by atoms with Gasteiger partial charge in [-0.15, -0.1) is 10.2 Å². The van der Waals surface area contributed by atoms with Crippen LogP contribution in [0.1, 0.15) is 0 Å². The van der Waals surface area contributed by atoms with Crippen LogP contribution in [0.5, 0.6) is 0 Å². The summed E-state index contributed by atoms with van der Waals surface area (Å²) in [4.78, 5) is 9.06. The number of aromatic nitrogens is 5. The molecule has 11 heavy (non-hydrogen) atoms. The van der Waals surface area contributed by atoms with E-state index in [2.05, 4.69) is 20.2 Å². The van der Waals surface area contributed by atoms with Crippen LogP contribution >= 0.6 is 0 Å². The molecule has 0 fully saturated rings. The predicted molar refractivity (Wildman–Crippen MR) is 38.5 cm³/mol. The SMILES string of the molecule is Cn1nc2ncnc(N)c2n1. The van der Waals surface area contributed by atoms with Crippen LogP contribution in [0.2, 0.25) is 0 Å². The van der Waals surface area contributed by atoms with E-state index in [1.165, 1.54) is 11.1 Å². The first kappa shape index (κ1) is 6.02. The Balaban J connectivity index is 2.90. The number of anilines is 1. The lowest BCUT2D eigenvalue weighted by Gasteiger charge is -1.87. The smallest absolute Gasteiger partial charge is 0.207 e. The zero-order valence-electron chi connectivity index (χ0n) is 5.89. The van der Waals surface area contributed by atoms with Crippen molar-refractivity contribution >= 4 is 17.0 Å². The fourth-order valence-corrected chi connectivity index (χ4v) is 0.856. The van der Waals surface area contributed by atoms with Crippen LogP contribution in [0, 0.1) is 0 Å². The van der Waals surface area contributed by atoms with Crippen LogP contribution < -0.4 is 5.73 Å². The fraction of sp³-hybridized carbons (Fsp3) is 0.200. The number of rotatable bonds is 0. The molecular weight excluding hydrogens is 144 g/mol. The summed E-state index contributed by atoms with van der Waals surface area (Å²) < 4.78 is 0. The molecule has 2 aromatic heterocycles. The number of nitrogen functional groups attached to an aromatic ring is 1. The molecule has 2 aromatic rings. The minimum Gasteiger partial charge on any atom is -0.382 e. The minimum atomic E-state index is 0.364. The fourth-order valence-electron chi connectivity index (χ4n) is 0.856. The van der Waals surface area contributed by atoms with Crippen molar-refractivity contribution in [2.24, 2.45) is 7.05 Å². The molecule has 0 bridgehead atoms. The summed E-state index contributed by atoms with van der Waals surface area (Å²) in [6.07, 6.45) is 1.37. The molecule has 0 aliphatic rings. The number of nitrogens with two attached hydrogens (primary N) is 1. The Kier molecular flexibility index (Phi) is 1.03. The Morgan fingerprint density at radius 3 is 2.91 bits per heavy atom. The summed E-state index contributed by atoms with van der Waals surface area (Å²) in [5.74, 6) is 0.364. The van der Waals surface area contributed by atoms with Gasteiger partial charge in [0.15, 0.2) is 11.3 Å². The van der Waals surface area contributed by atoms with Gasteiger partial charge in [0.1, 0.15) is 6.33 Å². The second kappa shape index (κ2) is 1.88. The van der Waals surface area contributed by atoms with E-state index >= 15 is 0 Å². The molecule has 0 saturated carbocycles. The lowest BCUT2D eigenvalue weighted by molar-refractivity contribution is 0.664. The van der Waals surface area contributed by atoms with Crippen molar-refractivity contribution in [3.05, 3.63) is 6.33 Å². The molecule has 0 atom stereocenters. The maximum atomic E-state index is 5.50. The molecule has 0 aliphatic heterocycles.